The molecule has 0 amide bonds. The number of pyridine rings is 1. The Kier molecular flexibility index (Phi) is 2.89. The van der Waals surface area contributed by atoms with Crippen LogP contribution in [0.25, 0.3) is 0 Å². The summed E-state index contributed by atoms with van der Waals surface area (Å²) in [5.74, 6) is -0.933. The standard InChI is InChI=1S/C5H2ClFINO2S/c6-12(10,11)5-4(7)1-3(8)2-9-5/h1-2H. The lowest BCUT2D eigenvalue weighted by Gasteiger charge is -1.96. The third-order valence-corrected chi connectivity index (χ3v) is 2.80. The van der Waals surface area contributed by atoms with E-state index < -0.39 is 19.9 Å². The highest BCUT2D eigenvalue weighted by molar-refractivity contribution is 14.1. The summed E-state index contributed by atoms with van der Waals surface area (Å²) in [7, 11) is 0.816. The van der Waals surface area contributed by atoms with Gasteiger partial charge in [0.2, 0.25) is 5.03 Å². The molecule has 0 bridgehead atoms. The van der Waals surface area contributed by atoms with Crippen LogP contribution in [0.2, 0.25) is 0 Å². The summed E-state index contributed by atoms with van der Waals surface area (Å²) in [6.45, 7) is 0. The van der Waals surface area contributed by atoms with Gasteiger partial charge in [-0.2, -0.15) is 0 Å². The van der Waals surface area contributed by atoms with Crippen LogP contribution in [0.1, 0.15) is 0 Å². The summed E-state index contributed by atoms with van der Waals surface area (Å²) in [6.07, 6.45) is 1.22. The smallest absolute Gasteiger partial charge is 0.240 e. The Morgan fingerprint density at radius 1 is 1.58 bits per heavy atom. The zero-order chi connectivity index (χ0) is 9.35. The van der Waals surface area contributed by atoms with Gasteiger partial charge in [-0.3, -0.25) is 0 Å². The minimum absolute atomic E-state index is 0.508. The van der Waals surface area contributed by atoms with Crippen LogP contribution in [-0.4, -0.2) is 13.4 Å². The second-order valence-electron chi connectivity index (χ2n) is 1.88. The molecule has 1 heterocycles. The van der Waals surface area contributed by atoms with Gasteiger partial charge in [-0.05, 0) is 28.7 Å². The molecular weight excluding hydrogens is 319 g/mol. The number of halogens is 3. The first-order valence-corrected chi connectivity index (χ1v) is 6.06. The number of rotatable bonds is 1. The first-order valence-electron chi connectivity index (χ1n) is 2.67. The van der Waals surface area contributed by atoms with E-state index in [-0.39, 0.29) is 0 Å². The summed E-state index contributed by atoms with van der Waals surface area (Å²) >= 11 is 1.81. The summed E-state index contributed by atoms with van der Waals surface area (Å²) in [4.78, 5) is 3.35. The molecule has 1 rings (SSSR count). The highest BCUT2D eigenvalue weighted by Gasteiger charge is 2.17. The van der Waals surface area contributed by atoms with Crippen LogP contribution in [0.4, 0.5) is 4.39 Å². The quantitative estimate of drug-likeness (QED) is 0.585. The van der Waals surface area contributed by atoms with E-state index in [4.69, 9.17) is 10.7 Å². The first-order chi connectivity index (χ1) is 5.41. The maximum atomic E-state index is 12.8. The van der Waals surface area contributed by atoms with Crippen LogP contribution >= 0.6 is 33.3 Å². The van der Waals surface area contributed by atoms with E-state index in [1.165, 1.54) is 6.20 Å². The molecule has 66 valence electrons. The molecule has 0 aliphatic carbocycles. The molecule has 12 heavy (non-hydrogen) atoms. The molecule has 0 saturated carbocycles. The van der Waals surface area contributed by atoms with Gasteiger partial charge in [-0.25, -0.2) is 17.8 Å². The van der Waals surface area contributed by atoms with Crippen molar-refractivity contribution in [1.29, 1.82) is 0 Å². The maximum absolute atomic E-state index is 12.8. The Bertz CT molecular complexity index is 408. The van der Waals surface area contributed by atoms with Gasteiger partial charge in [0.05, 0.1) is 0 Å². The van der Waals surface area contributed by atoms with Crippen LogP contribution in [0.3, 0.4) is 0 Å². The Balaban J connectivity index is 3.39. The summed E-state index contributed by atoms with van der Waals surface area (Å²) < 4.78 is 34.6. The van der Waals surface area contributed by atoms with Crippen LogP contribution in [0.15, 0.2) is 17.3 Å². The average molecular weight is 321 g/mol. The predicted octanol–water partition coefficient (Wildman–Crippen LogP) is 1.75. The van der Waals surface area contributed by atoms with Crippen LogP contribution in [0, 0.1) is 9.39 Å². The lowest BCUT2D eigenvalue weighted by Crippen LogP contribution is -1.99. The second kappa shape index (κ2) is 3.43. The Morgan fingerprint density at radius 2 is 2.17 bits per heavy atom. The highest BCUT2D eigenvalue weighted by atomic mass is 127. The van der Waals surface area contributed by atoms with Crippen molar-refractivity contribution in [2.75, 3.05) is 0 Å². The molecule has 1 aromatic rings. The summed E-state index contributed by atoms with van der Waals surface area (Å²) in [6, 6.07) is 1.04. The van der Waals surface area contributed by atoms with Crippen LogP contribution in [-0.2, 0) is 9.05 Å². The molecule has 0 saturated heterocycles. The minimum Gasteiger partial charge on any atom is -0.240 e. The monoisotopic (exact) mass is 321 g/mol. The fourth-order valence-corrected chi connectivity index (χ4v) is 1.81. The van der Waals surface area contributed by atoms with Crippen molar-refractivity contribution in [1.82, 2.24) is 4.98 Å². The molecule has 1 aromatic heterocycles. The van der Waals surface area contributed by atoms with E-state index in [0.717, 1.165) is 6.07 Å². The Labute approximate surface area is 86.5 Å². The first kappa shape index (κ1) is 10.1. The van der Waals surface area contributed by atoms with Crippen molar-refractivity contribution in [2.24, 2.45) is 0 Å². The van der Waals surface area contributed by atoms with Crippen molar-refractivity contribution in [3.05, 3.63) is 21.7 Å². The lowest BCUT2D eigenvalue weighted by molar-refractivity contribution is 0.560. The van der Waals surface area contributed by atoms with Gasteiger partial charge in [0.25, 0.3) is 9.05 Å². The Morgan fingerprint density at radius 3 is 2.58 bits per heavy atom. The van der Waals surface area contributed by atoms with Crippen molar-refractivity contribution in [2.45, 2.75) is 5.03 Å². The number of hydrogen-bond donors (Lipinski definition) is 0. The predicted molar refractivity (Wildman–Crippen MR) is 50.0 cm³/mol. The third kappa shape index (κ3) is 2.27. The van der Waals surface area contributed by atoms with E-state index in [9.17, 15) is 12.8 Å². The normalized spacial score (nSPS) is 11.6. The van der Waals surface area contributed by atoms with Gasteiger partial charge in [-0.1, -0.05) is 0 Å². The minimum atomic E-state index is -4.07. The molecule has 0 fully saturated rings. The molecule has 0 spiro atoms. The van der Waals surface area contributed by atoms with Crippen molar-refractivity contribution >= 4 is 42.3 Å². The molecule has 0 radical (unpaired) electrons. The molecule has 0 aliphatic rings. The van der Waals surface area contributed by atoms with Gasteiger partial charge >= 0.3 is 0 Å². The van der Waals surface area contributed by atoms with Gasteiger partial charge in [0, 0.05) is 20.4 Å². The van der Waals surface area contributed by atoms with Crippen LogP contribution < -0.4 is 0 Å². The van der Waals surface area contributed by atoms with E-state index in [1.807, 2.05) is 22.6 Å². The van der Waals surface area contributed by atoms with E-state index in [0.29, 0.717) is 3.57 Å². The topological polar surface area (TPSA) is 47.0 Å². The van der Waals surface area contributed by atoms with E-state index in [2.05, 4.69) is 4.98 Å². The highest BCUT2D eigenvalue weighted by Crippen LogP contribution is 2.17. The van der Waals surface area contributed by atoms with E-state index in [1.54, 1.807) is 0 Å². The molecule has 0 N–H and O–H groups in total. The molecule has 0 aliphatic heterocycles. The summed E-state index contributed by atoms with van der Waals surface area (Å²) in [5, 5.41) is -0.732. The van der Waals surface area contributed by atoms with Gasteiger partial charge in [-0.15, -0.1) is 0 Å². The van der Waals surface area contributed by atoms with E-state index >= 15 is 0 Å². The third-order valence-electron chi connectivity index (χ3n) is 1.01. The van der Waals surface area contributed by atoms with Gasteiger partial charge < -0.3 is 0 Å². The fraction of sp³-hybridized carbons (Fsp3) is 0. The van der Waals surface area contributed by atoms with Crippen molar-refractivity contribution in [3.8, 4) is 0 Å². The average Bonchev–Trinajstić information content (AvgIpc) is 1.83. The number of nitrogens with zero attached hydrogens (tertiary/aromatic N) is 1. The van der Waals surface area contributed by atoms with Gasteiger partial charge in [0.1, 0.15) is 0 Å². The zero-order valence-corrected chi connectivity index (χ0v) is 9.19. The van der Waals surface area contributed by atoms with Gasteiger partial charge in [0.15, 0.2) is 5.82 Å². The number of hydrogen-bond acceptors (Lipinski definition) is 3. The lowest BCUT2D eigenvalue weighted by atomic mass is 10.5. The van der Waals surface area contributed by atoms with Crippen molar-refractivity contribution in [3.63, 3.8) is 0 Å². The fourth-order valence-electron chi connectivity index (χ4n) is 0.581. The molecule has 0 aromatic carbocycles. The molecule has 0 atom stereocenters. The molecule has 3 nitrogen and oxygen atoms in total. The maximum Gasteiger partial charge on any atom is 0.281 e. The zero-order valence-electron chi connectivity index (χ0n) is 5.46. The summed E-state index contributed by atoms with van der Waals surface area (Å²) in [5.41, 5.74) is 0. The Hall–Kier alpha value is 0.0500. The second-order valence-corrected chi connectivity index (χ2v) is 5.61. The molecule has 0 unspecified atom stereocenters. The van der Waals surface area contributed by atoms with Crippen molar-refractivity contribution < 1.29 is 12.8 Å². The molecule has 7 heteroatoms. The SMILES string of the molecule is O=S(=O)(Cl)c1ncc(I)cc1F. The largest absolute Gasteiger partial charge is 0.281 e. The molecular formula is C5H2ClFINO2S. The number of aromatic nitrogens is 1. The van der Waals surface area contributed by atoms with Crippen LogP contribution in [0.5, 0.6) is 0 Å².